The van der Waals surface area contributed by atoms with Crippen LogP contribution in [0.15, 0.2) is 12.4 Å². The number of rotatable bonds is 5. The summed E-state index contributed by atoms with van der Waals surface area (Å²) in [7, 11) is 0. The Labute approximate surface area is 102 Å². The zero-order valence-electron chi connectivity index (χ0n) is 10.5. The largest absolute Gasteiger partial charge is 0.335 e. The molecule has 1 aromatic heterocycles. The minimum atomic E-state index is -0.580. The number of hydrogen-bond acceptors (Lipinski definition) is 3. The first kappa shape index (κ1) is 12.3. The van der Waals surface area contributed by atoms with E-state index in [0.717, 1.165) is 44.5 Å². The molecule has 1 aliphatic rings. The van der Waals surface area contributed by atoms with E-state index >= 15 is 0 Å². The quantitative estimate of drug-likeness (QED) is 0.844. The van der Waals surface area contributed by atoms with E-state index in [2.05, 4.69) is 16.5 Å². The van der Waals surface area contributed by atoms with Crippen LogP contribution < -0.4 is 5.73 Å². The van der Waals surface area contributed by atoms with Gasteiger partial charge in [-0.1, -0.05) is 19.8 Å². The average Bonchev–Trinajstić information content (AvgIpc) is 2.90. The Morgan fingerprint density at radius 1 is 1.53 bits per heavy atom. The monoisotopic (exact) mass is 235 g/mol. The molecule has 1 saturated carbocycles. The van der Waals surface area contributed by atoms with E-state index in [0.29, 0.717) is 6.42 Å². The van der Waals surface area contributed by atoms with Crippen molar-refractivity contribution >= 4 is 5.78 Å². The third-order valence-electron chi connectivity index (χ3n) is 3.64. The SMILES string of the molecule is CCCn1ccnc1CC(=O)C1(N)CCCC1. The maximum atomic E-state index is 12.2. The van der Waals surface area contributed by atoms with Crippen LogP contribution in [0.3, 0.4) is 0 Å². The number of imidazole rings is 1. The van der Waals surface area contributed by atoms with Gasteiger partial charge >= 0.3 is 0 Å². The first-order chi connectivity index (χ1) is 8.15. The molecule has 0 bridgehead atoms. The molecule has 0 saturated heterocycles. The molecule has 0 aliphatic heterocycles. The van der Waals surface area contributed by atoms with Gasteiger partial charge in [-0.2, -0.15) is 0 Å². The first-order valence-electron chi connectivity index (χ1n) is 6.48. The lowest BCUT2D eigenvalue weighted by Gasteiger charge is -2.21. The number of ketones is 1. The predicted octanol–water partition coefficient (Wildman–Crippen LogP) is 1.68. The van der Waals surface area contributed by atoms with Crippen molar-refractivity contribution in [3.05, 3.63) is 18.2 Å². The first-order valence-corrected chi connectivity index (χ1v) is 6.48. The molecule has 94 valence electrons. The lowest BCUT2D eigenvalue weighted by Crippen LogP contribution is -2.46. The molecule has 0 spiro atoms. The Morgan fingerprint density at radius 2 is 2.24 bits per heavy atom. The molecule has 4 nitrogen and oxygen atoms in total. The van der Waals surface area contributed by atoms with E-state index in [4.69, 9.17) is 5.73 Å². The van der Waals surface area contributed by atoms with Crippen LogP contribution in [0.4, 0.5) is 0 Å². The molecular weight excluding hydrogens is 214 g/mol. The van der Waals surface area contributed by atoms with Gasteiger partial charge in [-0.05, 0) is 19.3 Å². The molecule has 1 aliphatic carbocycles. The van der Waals surface area contributed by atoms with E-state index < -0.39 is 5.54 Å². The Bertz CT molecular complexity index is 391. The maximum Gasteiger partial charge on any atom is 0.160 e. The van der Waals surface area contributed by atoms with Crippen LogP contribution in [-0.4, -0.2) is 20.9 Å². The second-order valence-electron chi connectivity index (χ2n) is 5.00. The van der Waals surface area contributed by atoms with Gasteiger partial charge in [0.05, 0.1) is 12.0 Å². The minimum absolute atomic E-state index is 0.151. The molecule has 0 amide bonds. The number of Topliss-reactive ketones (excluding diaryl/α,β-unsaturated/α-hetero) is 1. The molecule has 0 atom stereocenters. The Kier molecular flexibility index (Phi) is 3.62. The topological polar surface area (TPSA) is 60.9 Å². The predicted molar refractivity (Wildman–Crippen MR) is 66.6 cm³/mol. The van der Waals surface area contributed by atoms with Gasteiger partial charge in [0.15, 0.2) is 5.78 Å². The van der Waals surface area contributed by atoms with Crippen molar-refractivity contribution < 1.29 is 4.79 Å². The summed E-state index contributed by atoms with van der Waals surface area (Å²) in [5, 5.41) is 0. The molecule has 1 heterocycles. The number of nitrogens with two attached hydrogens (primary N) is 1. The van der Waals surface area contributed by atoms with Gasteiger partial charge in [-0.15, -0.1) is 0 Å². The van der Waals surface area contributed by atoms with Crippen molar-refractivity contribution in [2.45, 2.75) is 57.5 Å². The zero-order chi connectivity index (χ0) is 12.3. The number of aromatic nitrogens is 2. The maximum absolute atomic E-state index is 12.2. The Hall–Kier alpha value is -1.16. The van der Waals surface area contributed by atoms with Gasteiger partial charge in [0.25, 0.3) is 0 Å². The Balaban J connectivity index is 2.04. The van der Waals surface area contributed by atoms with E-state index in [1.54, 1.807) is 6.20 Å². The highest BCUT2D eigenvalue weighted by atomic mass is 16.1. The lowest BCUT2D eigenvalue weighted by molar-refractivity contribution is -0.123. The van der Waals surface area contributed by atoms with Crippen LogP contribution in [0, 0.1) is 0 Å². The summed E-state index contributed by atoms with van der Waals surface area (Å²) in [6.07, 6.45) is 8.94. The van der Waals surface area contributed by atoms with E-state index in [-0.39, 0.29) is 5.78 Å². The normalized spacial score (nSPS) is 18.5. The van der Waals surface area contributed by atoms with E-state index in [9.17, 15) is 4.79 Å². The highest BCUT2D eigenvalue weighted by Gasteiger charge is 2.36. The van der Waals surface area contributed by atoms with Crippen molar-refractivity contribution in [1.29, 1.82) is 0 Å². The fourth-order valence-corrected chi connectivity index (χ4v) is 2.56. The van der Waals surface area contributed by atoms with Crippen LogP contribution in [-0.2, 0) is 17.8 Å². The molecule has 1 fully saturated rings. The van der Waals surface area contributed by atoms with Gasteiger partial charge in [0, 0.05) is 18.9 Å². The molecule has 0 unspecified atom stereocenters. The van der Waals surface area contributed by atoms with Crippen molar-refractivity contribution in [1.82, 2.24) is 9.55 Å². The molecular formula is C13H21N3O. The van der Waals surface area contributed by atoms with Gasteiger partial charge in [-0.3, -0.25) is 4.79 Å². The molecule has 2 rings (SSSR count). The fourth-order valence-electron chi connectivity index (χ4n) is 2.56. The van der Waals surface area contributed by atoms with Crippen LogP contribution >= 0.6 is 0 Å². The highest BCUT2D eigenvalue weighted by Crippen LogP contribution is 2.28. The van der Waals surface area contributed by atoms with Crippen molar-refractivity contribution in [2.75, 3.05) is 0 Å². The second kappa shape index (κ2) is 5.00. The van der Waals surface area contributed by atoms with Crippen molar-refractivity contribution in [2.24, 2.45) is 5.73 Å². The zero-order valence-corrected chi connectivity index (χ0v) is 10.5. The van der Waals surface area contributed by atoms with Crippen LogP contribution in [0.5, 0.6) is 0 Å². The third-order valence-corrected chi connectivity index (χ3v) is 3.64. The van der Waals surface area contributed by atoms with Crippen LogP contribution in [0.2, 0.25) is 0 Å². The summed E-state index contributed by atoms with van der Waals surface area (Å²) in [6, 6.07) is 0. The smallest absolute Gasteiger partial charge is 0.160 e. The Morgan fingerprint density at radius 3 is 2.88 bits per heavy atom. The van der Waals surface area contributed by atoms with Gasteiger partial charge in [-0.25, -0.2) is 4.98 Å². The molecule has 17 heavy (non-hydrogen) atoms. The summed E-state index contributed by atoms with van der Waals surface area (Å²) in [5.41, 5.74) is 5.58. The summed E-state index contributed by atoms with van der Waals surface area (Å²) in [6.45, 7) is 3.03. The molecule has 0 aromatic carbocycles. The summed E-state index contributed by atoms with van der Waals surface area (Å²) in [5.74, 6) is 1.01. The standard InChI is InChI=1S/C13H21N3O/c1-2-8-16-9-7-15-12(16)10-11(17)13(14)5-3-4-6-13/h7,9H,2-6,8,10,14H2,1H3. The van der Waals surface area contributed by atoms with Crippen LogP contribution in [0.25, 0.3) is 0 Å². The molecule has 4 heteroatoms. The second-order valence-corrected chi connectivity index (χ2v) is 5.00. The number of hydrogen-bond donors (Lipinski definition) is 1. The summed E-state index contributed by atoms with van der Waals surface area (Å²) >= 11 is 0. The number of nitrogens with zero attached hydrogens (tertiary/aromatic N) is 2. The fraction of sp³-hybridized carbons (Fsp3) is 0.692. The minimum Gasteiger partial charge on any atom is -0.335 e. The molecule has 0 radical (unpaired) electrons. The molecule has 1 aromatic rings. The lowest BCUT2D eigenvalue weighted by atomic mass is 9.91. The van der Waals surface area contributed by atoms with Crippen molar-refractivity contribution in [3.63, 3.8) is 0 Å². The third kappa shape index (κ3) is 2.57. The average molecular weight is 235 g/mol. The van der Waals surface area contributed by atoms with Gasteiger partial charge < -0.3 is 10.3 Å². The summed E-state index contributed by atoms with van der Waals surface area (Å²) in [4.78, 5) is 16.5. The van der Waals surface area contributed by atoms with Crippen LogP contribution in [0.1, 0.15) is 44.9 Å². The van der Waals surface area contributed by atoms with E-state index in [1.165, 1.54) is 0 Å². The summed E-state index contributed by atoms with van der Waals surface area (Å²) < 4.78 is 2.05. The highest BCUT2D eigenvalue weighted by molar-refractivity contribution is 5.89. The number of carbonyl (C=O) groups is 1. The molecule has 2 N–H and O–H groups in total. The number of carbonyl (C=O) groups excluding carboxylic acids is 1. The number of aryl methyl sites for hydroxylation is 1. The van der Waals surface area contributed by atoms with Crippen molar-refractivity contribution in [3.8, 4) is 0 Å². The van der Waals surface area contributed by atoms with E-state index in [1.807, 2.05) is 6.20 Å². The van der Waals surface area contributed by atoms with Gasteiger partial charge in [0.2, 0.25) is 0 Å². The van der Waals surface area contributed by atoms with Gasteiger partial charge in [0.1, 0.15) is 5.82 Å².